The number of hydrogen-bond acceptors (Lipinski definition) is 3. The average molecular weight is 400 g/mol. The van der Waals surface area contributed by atoms with Crippen molar-refractivity contribution in [1.29, 1.82) is 0 Å². The summed E-state index contributed by atoms with van der Waals surface area (Å²) < 4.78 is 5.57. The van der Waals surface area contributed by atoms with E-state index in [0.29, 0.717) is 12.8 Å². The first-order valence-electron chi connectivity index (χ1n) is 10.2. The first-order chi connectivity index (χ1) is 14.6. The van der Waals surface area contributed by atoms with Gasteiger partial charge < -0.3 is 9.84 Å². The molecule has 0 unspecified atom stereocenters. The molecule has 1 aliphatic rings. The molecule has 1 atom stereocenters. The van der Waals surface area contributed by atoms with Gasteiger partial charge in [-0.15, -0.1) is 0 Å². The fourth-order valence-corrected chi connectivity index (χ4v) is 4.17. The Balaban J connectivity index is 1.38. The molecule has 0 spiro atoms. The fourth-order valence-electron chi connectivity index (χ4n) is 4.17. The number of fused-ring (bicyclic) bond motifs is 3. The van der Waals surface area contributed by atoms with Gasteiger partial charge in [0, 0.05) is 5.92 Å². The molecular weight excluding hydrogens is 376 g/mol. The summed E-state index contributed by atoms with van der Waals surface area (Å²) in [5, 5.41) is 9.53. The molecule has 0 aromatic heterocycles. The van der Waals surface area contributed by atoms with Crippen molar-refractivity contribution in [2.45, 2.75) is 25.2 Å². The first kappa shape index (κ1) is 19.9. The Bertz CT molecular complexity index is 996. The molecule has 3 aromatic carbocycles. The van der Waals surface area contributed by atoms with E-state index in [0.717, 1.165) is 16.7 Å². The summed E-state index contributed by atoms with van der Waals surface area (Å²) in [5.41, 5.74) is 5.69. The van der Waals surface area contributed by atoms with Crippen LogP contribution in [0.1, 0.15) is 35.4 Å². The van der Waals surface area contributed by atoms with E-state index in [9.17, 15) is 14.7 Å². The van der Waals surface area contributed by atoms with Gasteiger partial charge >= 0.3 is 11.9 Å². The molecule has 0 saturated carbocycles. The van der Waals surface area contributed by atoms with Crippen LogP contribution in [-0.2, 0) is 20.7 Å². The lowest BCUT2D eigenvalue weighted by molar-refractivity contribution is -0.152. The summed E-state index contributed by atoms with van der Waals surface area (Å²) in [6.45, 7) is 0.220. The Morgan fingerprint density at radius 1 is 0.833 bits per heavy atom. The molecule has 0 radical (unpaired) electrons. The van der Waals surface area contributed by atoms with E-state index in [4.69, 9.17) is 4.74 Å². The van der Waals surface area contributed by atoms with Gasteiger partial charge in [0.2, 0.25) is 0 Å². The minimum atomic E-state index is -0.959. The number of hydrogen-bond donors (Lipinski definition) is 1. The Hall–Kier alpha value is -3.40. The average Bonchev–Trinajstić information content (AvgIpc) is 3.09. The summed E-state index contributed by atoms with van der Waals surface area (Å²) in [4.78, 5) is 24.1. The molecular formula is C26H24O4. The van der Waals surface area contributed by atoms with E-state index in [1.54, 1.807) is 0 Å². The van der Waals surface area contributed by atoms with Crippen molar-refractivity contribution in [3.63, 3.8) is 0 Å². The van der Waals surface area contributed by atoms with Crippen LogP contribution in [0.2, 0.25) is 0 Å². The molecule has 30 heavy (non-hydrogen) atoms. The van der Waals surface area contributed by atoms with Crippen LogP contribution in [0.25, 0.3) is 11.1 Å². The van der Waals surface area contributed by atoms with Crippen LogP contribution >= 0.6 is 0 Å². The first-order valence-corrected chi connectivity index (χ1v) is 10.2. The highest BCUT2D eigenvalue weighted by atomic mass is 16.5. The molecule has 1 N–H and O–H groups in total. The Labute approximate surface area is 176 Å². The third-order valence-electron chi connectivity index (χ3n) is 5.76. The minimum absolute atomic E-state index is 0.0195. The van der Waals surface area contributed by atoms with Crippen molar-refractivity contribution < 1.29 is 19.4 Å². The van der Waals surface area contributed by atoms with E-state index in [2.05, 4.69) is 24.3 Å². The van der Waals surface area contributed by atoms with Crippen LogP contribution in [-0.4, -0.2) is 23.7 Å². The molecule has 4 nitrogen and oxygen atoms in total. The van der Waals surface area contributed by atoms with E-state index in [1.807, 2.05) is 54.6 Å². The Morgan fingerprint density at radius 2 is 1.40 bits per heavy atom. The molecule has 4 heteroatoms. The van der Waals surface area contributed by atoms with Gasteiger partial charge in [-0.25, -0.2) is 0 Å². The maximum Gasteiger partial charge on any atom is 0.307 e. The third-order valence-corrected chi connectivity index (χ3v) is 5.76. The van der Waals surface area contributed by atoms with Gasteiger partial charge in [0.1, 0.15) is 6.61 Å². The van der Waals surface area contributed by atoms with Crippen LogP contribution in [0.15, 0.2) is 78.9 Å². The number of carbonyl (C=O) groups excluding carboxylic acids is 1. The smallest absolute Gasteiger partial charge is 0.307 e. The SMILES string of the molecule is O=C(C[C@H](CCc1ccccc1)C(=O)O)OCC1c2ccccc2-c2ccccc21. The highest BCUT2D eigenvalue weighted by Gasteiger charge is 2.29. The summed E-state index contributed by atoms with van der Waals surface area (Å²) in [6.07, 6.45) is 0.913. The largest absolute Gasteiger partial charge is 0.481 e. The maximum atomic E-state index is 12.5. The zero-order chi connectivity index (χ0) is 20.9. The molecule has 0 amide bonds. The predicted molar refractivity (Wildman–Crippen MR) is 115 cm³/mol. The van der Waals surface area contributed by atoms with Crippen molar-refractivity contribution in [3.8, 4) is 11.1 Å². The number of aliphatic carboxylic acids is 1. The monoisotopic (exact) mass is 400 g/mol. The molecule has 0 fully saturated rings. The quantitative estimate of drug-likeness (QED) is 0.537. The van der Waals surface area contributed by atoms with Crippen LogP contribution in [0, 0.1) is 5.92 Å². The van der Waals surface area contributed by atoms with Gasteiger partial charge in [-0.05, 0) is 40.7 Å². The number of esters is 1. The number of carbonyl (C=O) groups is 2. The van der Waals surface area contributed by atoms with Crippen LogP contribution in [0.5, 0.6) is 0 Å². The van der Waals surface area contributed by atoms with E-state index in [1.165, 1.54) is 11.1 Å². The molecule has 152 valence electrons. The molecule has 1 aliphatic carbocycles. The summed E-state index contributed by atoms with van der Waals surface area (Å²) >= 11 is 0. The summed E-state index contributed by atoms with van der Waals surface area (Å²) in [6, 6.07) is 26.0. The standard InChI is InChI=1S/C26H24O4/c27-25(16-19(26(28)29)15-14-18-8-2-1-3-9-18)30-17-24-22-12-6-4-10-20(22)21-11-5-7-13-23(21)24/h1-13,19,24H,14-17H2,(H,28,29)/t19-/m0/s1. The topological polar surface area (TPSA) is 63.6 Å². The van der Waals surface area contributed by atoms with Gasteiger partial charge in [-0.1, -0.05) is 78.9 Å². The summed E-state index contributed by atoms with van der Waals surface area (Å²) in [7, 11) is 0. The second kappa shape index (κ2) is 8.95. The summed E-state index contributed by atoms with van der Waals surface area (Å²) in [5.74, 6) is -2.19. The number of ether oxygens (including phenoxy) is 1. The Morgan fingerprint density at radius 3 is 2.00 bits per heavy atom. The van der Waals surface area contributed by atoms with Gasteiger partial charge in [0.15, 0.2) is 0 Å². The van der Waals surface area contributed by atoms with E-state index < -0.39 is 17.9 Å². The molecule has 0 saturated heterocycles. The Kier molecular flexibility index (Phi) is 5.94. The minimum Gasteiger partial charge on any atom is -0.481 e. The zero-order valence-electron chi connectivity index (χ0n) is 16.7. The van der Waals surface area contributed by atoms with Crippen LogP contribution in [0.3, 0.4) is 0 Å². The number of benzene rings is 3. The highest BCUT2D eigenvalue weighted by molar-refractivity contribution is 5.80. The maximum absolute atomic E-state index is 12.5. The van der Waals surface area contributed by atoms with Crippen molar-refractivity contribution in [1.82, 2.24) is 0 Å². The molecule has 4 rings (SSSR count). The van der Waals surface area contributed by atoms with E-state index in [-0.39, 0.29) is 18.9 Å². The number of carboxylic acid groups (broad SMARTS) is 1. The second-order valence-corrected chi connectivity index (χ2v) is 7.67. The van der Waals surface area contributed by atoms with Gasteiger partial charge in [0.05, 0.1) is 12.3 Å². The predicted octanol–water partition coefficient (Wildman–Crippen LogP) is 5.07. The van der Waals surface area contributed by atoms with Crippen LogP contribution < -0.4 is 0 Å². The van der Waals surface area contributed by atoms with Crippen molar-refractivity contribution in [2.75, 3.05) is 6.61 Å². The normalized spacial score (nSPS) is 13.3. The molecule has 0 aliphatic heterocycles. The number of rotatable bonds is 8. The van der Waals surface area contributed by atoms with E-state index >= 15 is 0 Å². The van der Waals surface area contributed by atoms with Gasteiger partial charge in [-0.2, -0.15) is 0 Å². The highest BCUT2D eigenvalue weighted by Crippen LogP contribution is 2.44. The second-order valence-electron chi connectivity index (χ2n) is 7.67. The lowest BCUT2D eigenvalue weighted by Gasteiger charge is -2.16. The van der Waals surface area contributed by atoms with Gasteiger partial charge in [-0.3, -0.25) is 9.59 Å². The van der Waals surface area contributed by atoms with Crippen molar-refractivity contribution >= 4 is 11.9 Å². The van der Waals surface area contributed by atoms with Gasteiger partial charge in [0.25, 0.3) is 0 Å². The lowest BCUT2D eigenvalue weighted by atomic mass is 9.96. The zero-order valence-corrected chi connectivity index (χ0v) is 16.7. The fraction of sp³-hybridized carbons (Fsp3) is 0.231. The molecule has 0 heterocycles. The molecule has 3 aromatic rings. The number of aryl methyl sites for hydroxylation is 1. The third kappa shape index (κ3) is 4.28. The lowest BCUT2D eigenvalue weighted by Crippen LogP contribution is -2.21. The van der Waals surface area contributed by atoms with Crippen molar-refractivity contribution in [2.24, 2.45) is 5.92 Å². The molecule has 0 bridgehead atoms. The van der Waals surface area contributed by atoms with Crippen molar-refractivity contribution in [3.05, 3.63) is 95.6 Å². The van der Waals surface area contributed by atoms with Crippen LogP contribution in [0.4, 0.5) is 0 Å². The number of carboxylic acids is 1.